The van der Waals surface area contributed by atoms with Crippen molar-refractivity contribution in [1.82, 2.24) is 0 Å². The normalized spacial score (nSPS) is 12.2. The van der Waals surface area contributed by atoms with Gasteiger partial charge in [-0.15, -0.1) is 0 Å². The minimum atomic E-state index is -0.636. The fourth-order valence-electron chi connectivity index (χ4n) is 3.36. The van der Waals surface area contributed by atoms with E-state index in [4.69, 9.17) is 9.47 Å². The lowest BCUT2D eigenvalue weighted by atomic mass is 9.91. The molecule has 0 saturated carbocycles. The zero-order valence-electron chi connectivity index (χ0n) is 19.1. The van der Waals surface area contributed by atoms with Gasteiger partial charge in [0, 0.05) is 23.3 Å². The van der Waals surface area contributed by atoms with Gasteiger partial charge >= 0.3 is 11.9 Å². The zero-order valence-corrected chi connectivity index (χ0v) is 19.1. The fourth-order valence-corrected chi connectivity index (χ4v) is 3.36. The van der Waals surface area contributed by atoms with Crippen LogP contribution in [0.4, 0.5) is 5.69 Å². The van der Waals surface area contributed by atoms with Crippen LogP contribution >= 0.6 is 0 Å². The monoisotopic (exact) mass is 455 g/mol. The summed E-state index contributed by atoms with van der Waals surface area (Å²) in [6, 6.07) is 11.2. The maximum atomic E-state index is 12.7. The molecule has 0 aliphatic carbocycles. The summed E-state index contributed by atoms with van der Waals surface area (Å²) in [5.74, 6) is -1.63. The molecule has 1 N–H and O–H groups in total. The second kappa shape index (κ2) is 12.4. The zero-order chi connectivity index (χ0) is 24.4. The number of nitro groups is 1. The molecule has 0 radical (unpaired) electrons. The van der Waals surface area contributed by atoms with Crippen molar-refractivity contribution in [3.05, 3.63) is 74.8 Å². The van der Waals surface area contributed by atoms with Crippen LogP contribution < -0.4 is 0 Å². The molecule has 0 spiro atoms. The van der Waals surface area contributed by atoms with Crippen molar-refractivity contribution >= 4 is 23.7 Å². The first-order chi connectivity index (χ1) is 15.7. The molecular formula is C25H29NO7. The predicted octanol–water partition coefficient (Wildman–Crippen LogP) is 4.76. The number of hydrogen-bond donors (Lipinski definition) is 1. The van der Waals surface area contributed by atoms with Crippen molar-refractivity contribution in [2.24, 2.45) is 5.92 Å². The highest BCUT2D eigenvalue weighted by Gasteiger charge is 2.25. The lowest BCUT2D eigenvalue weighted by molar-refractivity contribution is -0.384. The number of phenols is 1. The Balaban J connectivity index is 2.29. The molecule has 1 atom stereocenters. The summed E-state index contributed by atoms with van der Waals surface area (Å²) in [6.45, 7) is 5.63. The van der Waals surface area contributed by atoms with E-state index in [1.165, 1.54) is 12.1 Å². The highest BCUT2D eigenvalue weighted by Crippen LogP contribution is 2.27. The lowest BCUT2D eigenvalue weighted by Gasteiger charge is -2.17. The molecule has 0 heterocycles. The van der Waals surface area contributed by atoms with Crippen LogP contribution in [0.25, 0.3) is 6.08 Å². The molecule has 0 bridgehead atoms. The van der Waals surface area contributed by atoms with E-state index in [2.05, 4.69) is 0 Å². The van der Waals surface area contributed by atoms with Crippen molar-refractivity contribution in [3.63, 3.8) is 0 Å². The first-order valence-electron chi connectivity index (χ1n) is 10.8. The van der Waals surface area contributed by atoms with E-state index in [-0.39, 0.29) is 36.6 Å². The number of non-ortho nitro benzene ring substituents is 1. The maximum Gasteiger partial charge on any atom is 0.334 e. The van der Waals surface area contributed by atoms with Gasteiger partial charge in [0.1, 0.15) is 5.75 Å². The number of aromatic hydroxyl groups is 1. The van der Waals surface area contributed by atoms with Gasteiger partial charge in [0.05, 0.1) is 24.1 Å². The Bertz CT molecular complexity index is 1010. The fraction of sp³-hybridized carbons (Fsp3) is 0.360. The van der Waals surface area contributed by atoms with E-state index in [1.54, 1.807) is 50.3 Å². The van der Waals surface area contributed by atoms with E-state index in [0.717, 1.165) is 11.1 Å². The first kappa shape index (κ1) is 25.6. The van der Waals surface area contributed by atoms with Gasteiger partial charge in [-0.25, -0.2) is 4.79 Å². The maximum absolute atomic E-state index is 12.7. The summed E-state index contributed by atoms with van der Waals surface area (Å²) in [6.07, 6.45) is 2.44. The Hall–Kier alpha value is -3.68. The molecule has 0 aliphatic rings. The van der Waals surface area contributed by atoms with E-state index in [9.17, 15) is 24.8 Å². The number of carbonyl (C=O) groups excluding carboxylic acids is 2. The first-order valence-corrected chi connectivity index (χ1v) is 10.8. The highest BCUT2D eigenvalue weighted by atomic mass is 16.6. The number of esters is 2. The molecule has 0 aromatic heterocycles. The van der Waals surface area contributed by atoms with Crippen molar-refractivity contribution < 1.29 is 29.1 Å². The van der Waals surface area contributed by atoms with Gasteiger partial charge < -0.3 is 14.6 Å². The molecule has 176 valence electrons. The van der Waals surface area contributed by atoms with Gasteiger partial charge in [0.15, 0.2) is 0 Å². The third-order valence-electron chi connectivity index (χ3n) is 5.07. The van der Waals surface area contributed by atoms with Crippen LogP contribution in [0.1, 0.15) is 43.4 Å². The number of nitro benzene ring substituents is 1. The molecule has 1 unspecified atom stereocenters. The summed E-state index contributed by atoms with van der Waals surface area (Å²) in [4.78, 5) is 35.7. The van der Waals surface area contributed by atoms with Gasteiger partial charge in [0.2, 0.25) is 0 Å². The van der Waals surface area contributed by atoms with Crippen molar-refractivity contribution in [1.29, 1.82) is 0 Å². The van der Waals surface area contributed by atoms with Crippen LogP contribution in [0.3, 0.4) is 0 Å². The highest BCUT2D eigenvalue weighted by molar-refractivity contribution is 5.95. The second-order valence-corrected chi connectivity index (χ2v) is 7.57. The molecule has 8 nitrogen and oxygen atoms in total. The summed E-state index contributed by atoms with van der Waals surface area (Å²) < 4.78 is 10.4. The second-order valence-electron chi connectivity index (χ2n) is 7.57. The van der Waals surface area contributed by atoms with E-state index >= 15 is 0 Å². The van der Waals surface area contributed by atoms with E-state index in [1.807, 2.05) is 6.92 Å². The molecule has 0 saturated heterocycles. The number of rotatable bonds is 11. The van der Waals surface area contributed by atoms with Gasteiger partial charge in [-0.1, -0.05) is 23.8 Å². The van der Waals surface area contributed by atoms with Gasteiger partial charge in [0.25, 0.3) is 5.69 Å². The summed E-state index contributed by atoms with van der Waals surface area (Å²) >= 11 is 0. The summed E-state index contributed by atoms with van der Waals surface area (Å²) in [7, 11) is 0. The molecule has 33 heavy (non-hydrogen) atoms. The summed E-state index contributed by atoms with van der Waals surface area (Å²) in [5.41, 5.74) is 2.43. The molecule has 2 aromatic rings. The number of aryl methyl sites for hydroxylation is 2. The minimum absolute atomic E-state index is 0.00816. The average molecular weight is 456 g/mol. The Morgan fingerprint density at radius 2 is 1.76 bits per heavy atom. The van der Waals surface area contributed by atoms with Crippen LogP contribution in [0.2, 0.25) is 0 Å². The van der Waals surface area contributed by atoms with Crippen molar-refractivity contribution in [2.45, 2.75) is 40.0 Å². The molecule has 0 fully saturated rings. The molecule has 0 amide bonds. The van der Waals surface area contributed by atoms with E-state index < -0.39 is 22.8 Å². The Morgan fingerprint density at radius 1 is 1.09 bits per heavy atom. The number of hydrogen-bond acceptors (Lipinski definition) is 7. The third-order valence-corrected chi connectivity index (χ3v) is 5.07. The molecular weight excluding hydrogens is 426 g/mol. The number of phenolic OH excluding ortho intramolecular Hbond substituents is 1. The smallest absolute Gasteiger partial charge is 0.334 e. The largest absolute Gasteiger partial charge is 0.507 e. The topological polar surface area (TPSA) is 116 Å². The molecule has 8 heteroatoms. The van der Waals surface area contributed by atoms with Gasteiger partial charge in [-0.05, 0) is 63.8 Å². The standard InChI is InChI=1S/C25H29NO7/c1-4-32-24(28)19(10-7-18-8-11-22(12-9-18)26(30)31)15-21(25(29)33-5-2)16-20-14-17(3)6-13-23(20)27/h6,8-9,11-14,16,19,27H,4-5,7,10,15H2,1-3H3/b21-16-. The van der Waals surface area contributed by atoms with Crippen LogP contribution in [-0.2, 0) is 25.5 Å². The molecule has 0 aliphatic heterocycles. The van der Waals surface area contributed by atoms with Gasteiger partial charge in [-0.2, -0.15) is 0 Å². The number of carbonyl (C=O) groups is 2. The van der Waals surface area contributed by atoms with E-state index in [0.29, 0.717) is 18.4 Å². The summed E-state index contributed by atoms with van der Waals surface area (Å²) in [5, 5.41) is 21.0. The van der Waals surface area contributed by atoms with Crippen LogP contribution in [0.15, 0.2) is 48.0 Å². The Kier molecular flexibility index (Phi) is 9.60. The Labute approximate surface area is 193 Å². The van der Waals surface area contributed by atoms with Crippen LogP contribution in [-0.4, -0.2) is 35.2 Å². The average Bonchev–Trinajstić information content (AvgIpc) is 2.78. The Morgan fingerprint density at radius 3 is 2.36 bits per heavy atom. The quantitative estimate of drug-likeness (QED) is 0.225. The van der Waals surface area contributed by atoms with Gasteiger partial charge in [-0.3, -0.25) is 14.9 Å². The molecule has 2 rings (SSSR count). The molecule has 2 aromatic carbocycles. The third kappa shape index (κ3) is 7.75. The van der Waals surface area contributed by atoms with Crippen molar-refractivity contribution in [2.75, 3.05) is 13.2 Å². The number of nitrogens with zero attached hydrogens (tertiary/aromatic N) is 1. The SMILES string of the molecule is CCOC(=O)/C(=C\c1cc(C)ccc1O)CC(CCc1ccc([N+](=O)[O-])cc1)C(=O)OCC. The van der Waals surface area contributed by atoms with Crippen molar-refractivity contribution in [3.8, 4) is 5.75 Å². The minimum Gasteiger partial charge on any atom is -0.507 e. The van der Waals surface area contributed by atoms with Crippen LogP contribution in [0, 0.1) is 23.0 Å². The lowest BCUT2D eigenvalue weighted by Crippen LogP contribution is -2.22. The predicted molar refractivity (Wildman–Crippen MR) is 124 cm³/mol. The number of benzene rings is 2. The van der Waals surface area contributed by atoms with Crippen LogP contribution in [0.5, 0.6) is 5.75 Å². The number of ether oxygens (including phenoxy) is 2.